The van der Waals surface area contributed by atoms with Crippen molar-refractivity contribution < 1.29 is 9.53 Å². The average molecular weight is 354 g/mol. The van der Waals surface area contributed by atoms with Gasteiger partial charge in [0.15, 0.2) is 0 Å². The van der Waals surface area contributed by atoms with Gasteiger partial charge in [0.1, 0.15) is 5.82 Å². The van der Waals surface area contributed by atoms with E-state index in [0.717, 1.165) is 24.2 Å². The second kappa shape index (κ2) is 8.76. The molecular formula is C20H26N4O2. The smallest absolute Gasteiger partial charge is 0.227 e. The zero-order chi connectivity index (χ0) is 18.4. The molecule has 26 heavy (non-hydrogen) atoms. The minimum atomic E-state index is 0.0811. The van der Waals surface area contributed by atoms with Crippen molar-refractivity contribution in [1.29, 1.82) is 0 Å². The van der Waals surface area contributed by atoms with Crippen LogP contribution in [-0.4, -0.2) is 60.7 Å². The van der Waals surface area contributed by atoms with Gasteiger partial charge in [0.2, 0.25) is 5.91 Å². The fraction of sp³-hybridized carbons (Fsp3) is 0.450. The summed E-state index contributed by atoms with van der Waals surface area (Å²) < 4.78 is 5.88. The third kappa shape index (κ3) is 5.02. The van der Waals surface area contributed by atoms with Crippen LogP contribution in [-0.2, 0) is 22.4 Å². The summed E-state index contributed by atoms with van der Waals surface area (Å²) in [5, 5.41) is 0. The van der Waals surface area contributed by atoms with Gasteiger partial charge in [0.05, 0.1) is 19.1 Å². The van der Waals surface area contributed by atoms with Gasteiger partial charge in [-0.25, -0.2) is 4.98 Å². The van der Waals surface area contributed by atoms with E-state index in [4.69, 9.17) is 4.74 Å². The van der Waals surface area contributed by atoms with Crippen LogP contribution in [0.3, 0.4) is 0 Å². The van der Waals surface area contributed by atoms with Crippen LogP contribution in [0, 0.1) is 0 Å². The van der Waals surface area contributed by atoms with Crippen molar-refractivity contribution in [2.75, 3.05) is 38.7 Å². The number of pyridine rings is 2. The van der Waals surface area contributed by atoms with E-state index in [1.807, 2.05) is 48.3 Å². The summed E-state index contributed by atoms with van der Waals surface area (Å²) in [5.74, 6) is 1.10. The number of amides is 1. The second-order valence-electron chi connectivity index (χ2n) is 6.83. The normalized spacial score (nSPS) is 17.2. The highest BCUT2D eigenvalue weighted by Crippen LogP contribution is 2.16. The van der Waals surface area contributed by atoms with Gasteiger partial charge in [-0.3, -0.25) is 9.78 Å². The molecule has 138 valence electrons. The number of carbonyl (C=O) groups is 1. The van der Waals surface area contributed by atoms with E-state index >= 15 is 0 Å². The molecule has 2 aromatic heterocycles. The molecule has 2 aromatic rings. The van der Waals surface area contributed by atoms with Crippen molar-refractivity contribution in [3.8, 4) is 0 Å². The number of hydrogen-bond donors (Lipinski definition) is 0. The Balaban J connectivity index is 1.52. The minimum Gasteiger partial charge on any atom is -0.375 e. The predicted octanol–water partition coefficient (Wildman–Crippen LogP) is 1.95. The quantitative estimate of drug-likeness (QED) is 0.793. The Labute approximate surface area is 154 Å². The molecule has 6 heteroatoms. The van der Waals surface area contributed by atoms with E-state index < -0.39 is 0 Å². The summed E-state index contributed by atoms with van der Waals surface area (Å²) in [7, 11) is 3.98. The monoisotopic (exact) mass is 354 g/mol. The van der Waals surface area contributed by atoms with E-state index in [0.29, 0.717) is 26.1 Å². The number of aryl methyl sites for hydroxylation is 1. The zero-order valence-electron chi connectivity index (χ0n) is 15.5. The van der Waals surface area contributed by atoms with E-state index in [1.54, 1.807) is 12.4 Å². The zero-order valence-corrected chi connectivity index (χ0v) is 15.5. The lowest BCUT2D eigenvalue weighted by Crippen LogP contribution is -2.46. The first-order valence-corrected chi connectivity index (χ1v) is 9.02. The maximum Gasteiger partial charge on any atom is 0.227 e. The van der Waals surface area contributed by atoms with Crippen LogP contribution in [0.1, 0.15) is 17.5 Å². The highest BCUT2D eigenvalue weighted by molar-refractivity contribution is 5.78. The number of rotatable bonds is 6. The molecule has 1 saturated heterocycles. The first-order chi connectivity index (χ1) is 12.6. The van der Waals surface area contributed by atoms with E-state index in [2.05, 4.69) is 16.0 Å². The van der Waals surface area contributed by atoms with Gasteiger partial charge >= 0.3 is 0 Å². The van der Waals surface area contributed by atoms with Gasteiger partial charge in [-0.05, 0) is 42.2 Å². The molecule has 1 unspecified atom stereocenters. The second-order valence-corrected chi connectivity index (χ2v) is 6.83. The molecule has 1 aliphatic heterocycles. The van der Waals surface area contributed by atoms with Crippen LogP contribution in [0.4, 0.5) is 5.82 Å². The Morgan fingerprint density at radius 2 is 2.19 bits per heavy atom. The summed E-state index contributed by atoms with van der Waals surface area (Å²) in [6.45, 7) is 1.92. The largest absolute Gasteiger partial charge is 0.375 e. The Bertz CT molecular complexity index is 721. The molecule has 3 heterocycles. The van der Waals surface area contributed by atoms with Gasteiger partial charge in [0, 0.05) is 45.8 Å². The lowest BCUT2D eigenvalue weighted by Gasteiger charge is -2.33. The number of aromatic nitrogens is 2. The van der Waals surface area contributed by atoms with Crippen molar-refractivity contribution in [2.24, 2.45) is 0 Å². The third-order valence-corrected chi connectivity index (χ3v) is 4.59. The number of anilines is 1. The van der Waals surface area contributed by atoms with Crippen LogP contribution in [0.5, 0.6) is 0 Å². The van der Waals surface area contributed by atoms with Crippen LogP contribution in [0.15, 0.2) is 42.9 Å². The average Bonchev–Trinajstić information content (AvgIpc) is 2.67. The molecule has 0 spiro atoms. The molecule has 1 amide bonds. The lowest BCUT2D eigenvalue weighted by atomic mass is 10.1. The minimum absolute atomic E-state index is 0.0811. The first kappa shape index (κ1) is 18.3. The molecule has 1 atom stereocenters. The molecular weight excluding hydrogens is 328 g/mol. The molecule has 6 nitrogen and oxygen atoms in total. The van der Waals surface area contributed by atoms with Gasteiger partial charge in [-0.2, -0.15) is 0 Å². The van der Waals surface area contributed by atoms with E-state index in [-0.39, 0.29) is 12.0 Å². The van der Waals surface area contributed by atoms with Crippen molar-refractivity contribution in [3.05, 3.63) is 54.0 Å². The molecule has 0 aromatic carbocycles. The fourth-order valence-electron chi connectivity index (χ4n) is 3.10. The molecule has 0 N–H and O–H groups in total. The number of hydrogen-bond acceptors (Lipinski definition) is 5. The molecule has 0 bridgehead atoms. The fourth-order valence-corrected chi connectivity index (χ4v) is 3.10. The highest BCUT2D eigenvalue weighted by Gasteiger charge is 2.24. The Morgan fingerprint density at radius 1 is 1.31 bits per heavy atom. The van der Waals surface area contributed by atoms with Crippen molar-refractivity contribution >= 4 is 11.7 Å². The van der Waals surface area contributed by atoms with Crippen LogP contribution in [0.25, 0.3) is 0 Å². The lowest BCUT2D eigenvalue weighted by molar-refractivity contribution is -0.138. The van der Waals surface area contributed by atoms with E-state index in [9.17, 15) is 4.79 Å². The number of morpholine rings is 1. The first-order valence-electron chi connectivity index (χ1n) is 9.02. The highest BCUT2D eigenvalue weighted by atomic mass is 16.5. The molecule has 1 fully saturated rings. The van der Waals surface area contributed by atoms with Crippen molar-refractivity contribution in [3.63, 3.8) is 0 Å². The van der Waals surface area contributed by atoms with Crippen LogP contribution < -0.4 is 4.90 Å². The van der Waals surface area contributed by atoms with Gasteiger partial charge in [-0.1, -0.05) is 6.07 Å². The molecule has 1 aliphatic rings. The SMILES string of the molecule is CN(C)c1cc(CCC2CN(C(=O)Cc3cccnc3)CCO2)ccn1. The van der Waals surface area contributed by atoms with E-state index in [1.165, 1.54) is 5.56 Å². The molecule has 0 radical (unpaired) electrons. The maximum atomic E-state index is 12.5. The van der Waals surface area contributed by atoms with Crippen molar-refractivity contribution in [2.45, 2.75) is 25.4 Å². The molecule has 0 saturated carbocycles. The predicted molar refractivity (Wildman–Crippen MR) is 101 cm³/mol. The topological polar surface area (TPSA) is 58.6 Å². The number of carbonyl (C=O) groups excluding carboxylic acids is 1. The Kier molecular flexibility index (Phi) is 6.17. The Morgan fingerprint density at radius 3 is 2.96 bits per heavy atom. The van der Waals surface area contributed by atoms with Crippen molar-refractivity contribution in [1.82, 2.24) is 14.9 Å². The standard InChI is InChI=1S/C20H26N4O2/c1-23(2)19-12-16(7-9-22-19)5-6-18-15-24(10-11-26-18)20(25)13-17-4-3-8-21-14-17/h3-4,7-9,12,14,18H,5-6,10-11,13,15H2,1-2H3. The molecule has 0 aliphatic carbocycles. The Hall–Kier alpha value is -2.47. The third-order valence-electron chi connectivity index (χ3n) is 4.59. The number of nitrogens with zero attached hydrogens (tertiary/aromatic N) is 4. The van der Waals surface area contributed by atoms with Crippen LogP contribution >= 0.6 is 0 Å². The number of ether oxygens (including phenoxy) is 1. The molecule has 3 rings (SSSR count). The summed E-state index contributed by atoms with van der Waals surface area (Å²) in [5.41, 5.74) is 2.19. The van der Waals surface area contributed by atoms with Gasteiger partial charge < -0.3 is 14.5 Å². The van der Waals surface area contributed by atoms with Gasteiger partial charge in [0.25, 0.3) is 0 Å². The van der Waals surface area contributed by atoms with Gasteiger partial charge in [-0.15, -0.1) is 0 Å². The summed E-state index contributed by atoms with van der Waals surface area (Å²) in [6.07, 6.45) is 7.61. The summed E-state index contributed by atoms with van der Waals surface area (Å²) >= 11 is 0. The van der Waals surface area contributed by atoms with Crippen LogP contribution in [0.2, 0.25) is 0 Å². The maximum absolute atomic E-state index is 12.5. The summed E-state index contributed by atoms with van der Waals surface area (Å²) in [6, 6.07) is 7.95. The summed E-state index contributed by atoms with van der Waals surface area (Å²) in [4.78, 5) is 24.9.